The van der Waals surface area contributed by atoms with Crippen molar-refractivity contribution < 1.29 is 13.2 Å². The summed E-state index contributed by atoms with van der Waals surface area (Å²) in [5, 5.41) is 2.84. The van der Waals surface area contributed by atoms with Gasteiger partial charge in [-0.25, -0.2) is 4.98 Å². The molecule has 0 atom stereocenters. The number of hydrogen-bond donors (Lipinski definition) is 2. The lowest BCUT2D eigenvalue weighted by atomic mass is 10.2. The van der Waals surface area contributed by atoms with Crippen LogP contribution in [0.1, 0.15) is 18.4 Å². The zero-order valence-electron chi connectivity index (χ0n) is 9.24. The monoisotopic (exact) mass is 311 g/mol. The highest BCUT2D eigenvalue weighted by molar-refractivity contribution is 9.10. The van der Waals surface area contributed by atoms with E-state index < -0.39 is 12.6 Å². The maximum Gasteiger partial charge on any atom is 0.389 e. The predicted molar refractivity (Wildman–Crippen MR) is 64.9 cm³/mol. The van der Waals surface area contributed by atoms with Crippen LogP contribution < -0.4 is 11.1 Å². The van der Waals surface area contributed by atoms with Crippen molar-refractivity contribution in [2.24, 2.45) is 0 Å². The van der Waals surface area contributed by atoms with Crippen molar-refractivity contribution in [2.45, 2.75) is 25.9 Å². The van der Waals surface area contributed by atoms with Gasteiger partial charge in [-0.3, -0.25) is 0 Å². The molecule has 96 valence electrons. The third-order valence-corrected chi connectivity index (χ3v) is 3.20. The number of hydrogen-bond acceptors (Lipinski definition) is 3. The Morgan fingerprint density at radius 1 is 1.47 bits per heavy atom. The largest absolute Gasteiger partial charge is 0.397 e. The van der Waals surface area contributed by atoms with Crippen molar-refractivity contribution in [1.82, 2.24) is 4.98 Å². The molecule has 0 unspecified atom stereocenters. The molecule has 0 fully saturated rings. The van der Waals surface area contributed by atoms with E-state index >= 15 is 0 Å². The van der Waals surface area contributed by atoms with Crippen LogP contribution in [0, 0.1) is 6.92 Å². The molecule has 0 bridgehead atoms. The van der Waals surface area contributed by atoms with Crippen LogP contribution in [-0.4, -0.2) is 17.7 Å². The van der Waals surface area contributed by atoms with Gasteiger partial charge in [-0.05, 0) is 34.8 Å². The Morgan fingerprint density at radius 3 is 2.71 bits per heavy atom. The molecular formula is C10H13BrF3N3. The quantitative estimate of drug-likeness (QED) is 0.837. The van der Waals surface area contributed by atoms with Gasteiger partial charge in [0.1, 0.15) is 5.82 Å². The molecule has 3 N–H and O–H groups in total. The highest BCUT2D eigenvalue weighted by Crippen LogP contribution is 2.28. The van der Waals surface area contributed by atoms with Crippen molar-refractivity contribution in [2.75, 3.05) is 17.6 Å². The molecule has 0 radical (unpaired) electrons. The maximum atomic E-state index is 11.9. The normalized spacial score (nSPS) is 11.6. The second kappa shape index (κ2) is 5.57. The lowest BCUT2D eigenvalue weighted by Crippen LogP contribution is -2.12. The average molecular weight is 312 g/mol. The predicted octanol–water partition coefficient (Wildman–Crippen LogP) is 3.49. The molecular weight excluding hydrogens is 299 g/mol. The Hall–Kier alpha value is -0.980. The molecule has 1 rings (SSSR count). The van der Waals surface area contributed by atoms with Gasteiger partial charge in [-0.2, -0.15) is 13.2 Å². The van der Waals surface area contributed by atoms with Crippen molar-refractivity contribution >= 4 is 27.4 Å². The number of nitrogens with one attached hydrogen (secondary N) is 1. The molecule has 0 aliphatic heterocycles. The fourth-order valence-corrected chi connectivity index (χ4v) is 1.68. The van der Waals surface area contributed by atoms with Crippen LogP contribution >= 0.6 is 15.9 Å². The summed E-state index contributed by atoms with van der Waals surface area (Å²) >= 11 is 3.30. The lowest BCUT2D eigenvalue weighted by molar-refractivity contribution is -0.134. The highest BCUT2D eigenvalue weighted by Gasteiger charge is 2.25. The Bertz CT molecular complexity index is 393. The minimum Gasteiger partial charge on any atom is -0.397 e. The van der Waals surface area contributed by atoms with Crippen LogP contribution in [0.2, 0.25) is 0 Å². The first kappa shape index (κ1) is 14.1. The number of rotatable bonds is 4. The molecule has 0 aliphatic rings. The Balaban J connectivity index is 2.51. The van der Waals surface area contributed by atoms with Gasteiger partial charge in [0, 0.05) is 13.0 Å². The van der Waals surface area contributed by atoms with Crippen molar-refractivity contribution in [3.8, 4) is 0 Å². The first-order chi connectivity index (χ1) is 7.81. The second-order valence-corrected chi connectivity index (χ2v) is 4.44. The summed E-state index contributed by atoms with van der Waals surface area (Å²) in [6, 6.07) is 0. The molecule has 0 amide bonds. The van der Waals surface area contributed by atoms with Crippen LogP contribution in [0.3, 0.4) is 0 Å². The fourth-order valence-electron chi connectivity index (χ4n) is 1.21. The number of nitrogens with two attached hydrogens (primary N) is 1. The number of aromatic nitrogens is 1. The maximum absolute atomic E-state index is 11.9. The van der Waals surface area contributed by atoms with Gasteiger partial charge < -0.3 is 11.1 Å². The van der Waals surface area contributed by atoms with Crippen molar-refractivity contribution in [3.63, 3.8) is 0 Å². The lowest BCUT2D eigenvalue weighted by Gasteiger charge is -2.11. The van der Waals surface area contributed by atoms with E-state index in [1.165, 1.54) is 6.20 Å². The second-order valence-electron chi connectivity index (χ2n) is 3.65. The molecule has 0 aromatic carbocycles. The molecule has 0 spiro atoms. The summed E-state index contributed by atoms with van der Waals surface area (Å²) in [7, 11) is 0. The third kappa shape index (κ3) is 4.41. The fraction of sp³-hybridized carbons (Fsp3) is 0.500. The first-order valence-electron chi connectivity index (χ1n) is 5.02. The minimum absolute atomic E-state index is 0.0149. The number of anilines is 2. The smallest absolute Gasteiger partial charge is 0.389 e. The average Bonchev–Trinajstić information content (AvgIpc) is 2.22. The topological polar surface area (TPSA) is 50.9 Å². The standard InChI is InChI=1S/C10H13BrF3N3/c1-6-7(15)5-17-9(8(6)11)16-4-2-3-10(12,13)14/h5H,2-4,15H2,1H3,(H,16,17). The molecule has 1 heterocycles. The number of nitrogen functional groups attached to an aromatic ring is 1. The van der Waals surface area contributed by atoms with E-state index in [-0.39, 0.29) is 13.0 Å². The summed E-state index contributed by atoms with van der Waals surface area (Å²) in [6.45, 7) is 2.02. The third-order valence-electron chi connectivity index (χ3n) is 2.23. The summed E-state index contributed by atoms with van der Waals surface area (Å²) in [6.07, 6.45) is -3.41. The number of halogens is 4. The zero-order valence-corrected chi connectivity index (χ0v) is 10.8. The van der Waals surface area contributed by atoms with E-state index in [1.54, 1.807) is 0 Å². The van der Waals surface area contributed by atoms with Gasteiger partial charge in [0.2, 0.25) is 0 Å². The molecule has 17 heavy (non-hydrogen) atoms. The van der Waals surface area contributed by atoms with E-state index in [9.17, 15) is 13.2 Å². The molecule has 1 aromatic heterocycles. The summed E-state index contributed by atoms with van der Waals surface area (Å²) < 4.78 is 36.4. The van der Waals surface area contributed by atoms with Gasteiger partial charge in [-0.15, -0.1) is 0 Å². The number of alkyl halides is 3. The highest BCUT2D eigenvalue weighted by atomic mass is 79.9. The van der Waals surface area contributed by atoms with Crippen LogP contribution in [0.5, 0.6) is 0 Å². The Morgan fingerprint density at radius 2 is 2.12 bits per heavy atom. The molecule has 0 saturated heterocycles. The van der Waals surface area contributed by atoms with Crippen LogP contribution in [0.25, 0.3) is 0 Å². The van der Waals surface area contributed by atoms with E-state index in [1.807, 2.05) is 6.92 Å². The Kier molecular flexibility index (Phi) is 4.62. The van der Waals surface area contributed by atoms with Crippen LogP contribution in [0.4, 0.5) is 24.7 Å². The zero-order chi connectivity index (χ0) is 13.1. The molecule has 0 aliphatic carbocycles. The molecule has 0 saturated carbocycles. The molecule has 1 aromatic rings. The SMILES string of the molecule is Cc1c(N)cnc(NCCCC(F)(F)F)c1Br. The van der Waals surface area contributed by atoms with Gasteiger partial charge in [0.25, 0.3) is 0 Å². The van der Waals surface area contributed by atoms with Crippen LogP contribution in [-0.2, 0) is 0 Å². The molecule has 3 nitrogen and oxygen atoms in total. The number of pyridine rings is 1. The Labute approximate surface area is 106 Å². The van der Waals surface area contributed by atoms with Gasteiger partial charge in [0.15, 0.2) is 0 Å². The van der Waals surface area contributed by atoms with Gasteiger partial charge >= 0.3 is 6.18 Å². The minimum atomic E-state index is -4.11. The van der Waals surface area contributed by atoms with E-state index in [4.69, 9.17) is 5.73 Å². The summed E-state index contributed by atoms with van der Waals surface area (Å²) in [5.74, 6) is 0.513. The summed E-state index contributed by atoms with van der Waals surface area (Å²) in [5.41, 5.74) is 6.99. The van der Waals surface area contributed by atoms with E-state index in [0.29, 0.717) is 16.0 Å². The number of nitrogens with zero attached hydrogens (tertiary/aromatic N) is 1. The van der Waals surface area contributed by atoms with Gasteiger partial charge in [0.05, 0.1) is 16.4 Å². The van der Waals surface area contributed by atoms with Crippen molar-refractivity contribution in [1.29, 1.82) is 0 Å². The van der Waals surface area contributed by atoms with Crippen LogP contribution in [0.15, 0.2) is 10.7 Å². The first-order valence-corrected chi connectivity index (χ1v) is 5.82. The van der Waals surface area contributed by atoms with E-state index in [2.05, 4.69) is 26.2 Å². The summed E-state index contributed by atoms with van der Waals surface area (Å²) in [4.78, 5) is 4.01. The van der Waals surface area contributed by atoms with E-state index in [0.717, 1.165) is 5.56 Å². The van der Waals surface area contributed by atoms with Crippen molar-refractivity contribution in [3.05, 3.63) is 16.2 Å². The molecule has 7 heteroatoms. The van der Waals surface area contributed by atoms with Gasteiger partial charge in [-0.1, -0.05) is 0 Å².